The van der Waals surface area contributed by atoms with E-state index in [1.807, 2.05) is 27.7 Å². The van der Waals surface area contributed by atoms with E-state index in [1.54, 1.807) is 0 Å². The molecular formula is C15H24O5. The molecule has 5 nitrogen and oxygen atoms in total. The number of rotatable bonds is 3. The molecule has 20 heavy (non-hydrogen) atoms. The van der Waals surface area contributed by atoms with Crippen LogP contribution in [-0.2, 0) is 18.9 Å². The van der Waals surface area contributed by atoms with Crippen LogP contribution in [0, 0.1) is 0 Å². The van der Waals surface area contributed by atoms with E-state index < -0.39 is 29.9 Å². The molecule has 114 valence electrons. The van der Waals surface area contributed by atoms with Crippen LogP contribution in [0.4, 0.5) is 0 Å². The van der Waals surface area contributed by atoms with Crippen molar-refractivity contribution in [1.82, 2.24) is 0 Å². The van der Waals surface area contributed by atoms with Gasteiger partial charge in [-0.15, -0.1) is 6.58 Å². The van der Waals surface area contributed by atoms with Crippen molar-refractivity contribution in [2.24, 2.45) is 0 Å². The molecule has 1 N–H and O–H groups in total. The van der Waals surface area contributed by atoms with Crippen molar-refractivity contribution in [2.75, 3.05) is 6.61 Å². The summed E-state index contributed by atoms with van der Waals surface area (Å²) in [4.78, 5) is 0. The third-order valence-corrected chi connectivity index (χ3v) is 3.46. The van der Waals surface area contributed by atoms with Gasteiger partial charge in [-0.1, -0.05) is 12.7 Å². The largest absolute Gasteiger partial charge is 0.386 e. The first-order valence-corrected chi connectivity index (χ1v) is 6.81. The minimum absolute atomic E-state index is 0.389. The number of hydrogen-bond acceptors (Lipinski definition) is 5. The Morgan fingerprint density at radius 2 is 1.85 bits per heavy atom. The molecule has 2 saturated heterocycles. The van der Waals surface area contributed by atoms with E-state index in [2.05, 4.69) is 13.2 Å². The Labute approximate surface area is 120 Å². The van der Waals surface area contributed by atoms with Gasteiger partial charge < -0.3 is 24.1 Å². The van der Waals surface area contributed by atoms with Crippen molar-refractivity contribution < 1.29 is 24.1 Å². The highest BCUT2D eigenvalue weighted by Crippen LogP contribution is 2.38. The van der Waals surface area contributed by atoms with Gasteiger partial charge in [-0.2, -0.15) is 0 Å². The predicted octanol–water partition coefficient (Wildman–Crippen LogP) is 1.76. The summed E-state index contributed by atoms with van der Waals surface area (Å²) in [5, 5.41) is 10.1. The smallest absolute Gasteiger partial charge is 0.164 e. The van der Waals surface area contributed by atoms with Gasteiger partial charge in [-0.05, 0) is 33.3 Å². The van der Waals surface area contributed by atoms with Crippen molar-refractivity contribution in [2.45, 2.75) is 63.7 Å². The Bertz CT molecular complexity index is 401. The number of aliphatic hydroxyl groups is 1. The van der Waals surface area contributed by atoms with Crippen LogP contribution in [0.15, 0.2) is 24.8 Å². The summed E-state index contributed by atoms with van der Waals surface area (Å²) in [5.41, 5.74) is 0.775. The van der Waals surface area contributed by atoms with E-state index >= 15 is 0 Å². The summed E-state index contributed by atoms with van der Waals surface area (Å²) in [6.45, 7) is 15.3. The van der Waals surface area contributed by atoms with Crippen molar-refractivity contribution >= 4 is 0 Å². The normalized spacial score (nSPS) is 37.6. The zero-order chi connectivity index (χ0) is 15.1. The fourth-order valence-corrected chi connectivity index (χ4v) is 2.52. The third-order valence-electron chi connectivity index (χ3n) is 3.46. The second kappa shape index (κ2) is 5.24. The molecule has 5 heteroatoms. The van der Waals surface area contributed by atoms with E-state index in [0.29, 0.717) is 6.61 Å². The second-order valence-electron chi connectivity index (χ2n) is 6.18. The lowest BCUT2D eigenvalue weighted by Gasteiger charge is -2.40. The van der Waals surface area contributed by atoms with Crippen LogP contribution in [-0.4, -0.2) is 47.7 Å². The number of hydrogen-bond donors (Lipinski definition) is 1. The van der Waals surface area contributed by atoms with Crippen molar-refractivity contribution in [3.8, 4) is 0 Å². The van der Waals surface area contributed by atoms with Crippen LogP contribution in [0.5, 0.6) is 0 Å². The van der Waals surface area contributed by atoms with Crippen LogP contribution >= 0.6 is 0 Å². The van der Waals surface area contributed by atoms with Gasteiger partial charge in [-0.3, -0.25) is 0 Å². The van der Waals surface area contributed by atoms with Gasteiger partial charge >= 0.3 is 0 Å². The summed E-state index contributed by atoms with van der Waals surface area (Å²) in [7, 11) is 0. The van der Waals surface area contributed by atoms with Gasteiger partial charge in [0.1, 0.15) is 24.4 Å². The zero-order valence-electron chi connectivity index (χ0n) is 12.6. The van der Waals surface area contributed by atoms with E-state index in [4.69, 9.17) is 18.9 Å². The highest BCUT2D eigenvalue weighted by molar-refractivity contribution is 5.13. The van der Waals surface area contributed by atoms with Gasteiger partial charge in [0.2, 0.25) is 0 Å². The van der Waals surface area contributed by atoms with Gasteiger partial charge in [0.15, 0.2) is 11.6 Å². The Balaban J connectivity index is 2.23. The maximum Gasteiger partial charge on any atom is 0.164 e. The molecular weight excluding hydrogens is 260 g/mol. The summed E-state index contributed by atoms with van der Waals surface area (Å²) in [6.07, 6.45) is -0.772. The van der Waals surface area contributed by atoms with Gasteiger partial charge in [-0.25, -0.2) is 0 Å². The Kier molecular flexibility index (Phi) is 4.10. The molecule has 2 heterocycles. The summed E-state index contributed by atoms with van der Waals surface area (Å²) in [5.74, 6) is -1.50. The monoisotopic (exact) mass is 284 g/mol. The quantitative estimate of drug-likeness (QED) is 0.800. The summed E-state index contributed by atoms with van der Waals surface area (Å²) >= 11 is 0. The van der Waals surface area contributed by atoms with E-state index in [1.165, 1.54) is 6.08 Å². The first-order chi connectivity index (χ1) is 9.15. The first-order valence-electron chi connectivity index (χ1n) is 6.81. The molecule has 0 aromatic rings. The molecule has 0 aromatic carbocycles. The lowest BCUT2D eigenvalue weighted by molar-refractivity contribution is -0.272. The molecule has 0 saturated carbocycles. The maximum atomic E-state index is 10.1. The molecule has 2 aliphatic heterocycles. The lowest BCUT2D eigenvalue weighted by atomic mass is 9.97. The van der Waals surface area contributed by atoms with Crippen molar-refractivity contribution in [1.29, 1.82) is 0 Å². The molecule has 0 aromatic heterocycles. The molecule has 4 atom stereocenters. The number of aliphatic hydroxyl groups excluding tert-OH is 1. The summed E-state index contributed by atoms with van der Waals surface area (Å²) < 4.78 is 23.2. The average molecular weight is 284 g/mol. The maximum absolute atomic E-state index is 10.1. The standard InChI is InChI=1S/C15H24O5/c1-7-10(16)12-13(20-15(5,6)19-12)11-9(2)8-17-14(3,4)18-11/h7,10-13,16H,1-2,8H2,3-6H3/t10?,11-,12+,13+/m1/s1. The topological polar surface area (TPSA) is 57.2 Å². The van der Waals surface area contributed by atoms with Crippen LogP contribution in [0.1, 0.15) is 27.7 Å². The molecule has 0 spiro atoms. The lowest BCUT2D eigenvalue weighted by Crippen LogP contribution is -2.51. The molecule has 1 unspecified atom stereocenters. The van der Waals surface area contributed by atoms with Crippen molar-refractivity contribution in [3.63, 3.8) is 0 Å². The Morgan fingerprint density at radius 3 is 2.45 bits per heavy atom. The molecule has 2 rings (SSSR count). The summed E-state index contributed by atoms with van der Waals surface area (Å²) in [6, 6.07) is 0. The first kappa shape index (κ1) is 15.7. The second-order valence-corrected chi connectivity index (χ2v) is 6.18. The molecule has 2 aliphatic rings. The third kappa shape index (κ3) is 3.13. The van der Waals surface area contributed by atoms with Gasteiger partial charge in [0.25, 0.3) is 0 Å². The van der Waals surface area contributed by atoms with Crippen LogP contribution in [0.25, 0.3) is 0 Å². The van der Waals surface area contributed by atoms with Crippen LogP contribution in [0.3, 0.4) is 0 Å². The minimum Gasteiger partial charge on any atom is -0.386 e. The van der Waals surface area contributed by atoms with E-state index in [9.17, 15) is 5.11 Å². The number of ether oxygens (including phenoxy) is 4. The highest BCUT2D eigenvalue weighted by Gasteiger charge is 2.51. The zero-order valence-corrected chi connectivity index (χ0v) is 12.6. The van der Waals surface area contributed by atoms with Crippen LogP contribution < -0.4 is 0 Å². The van der Waals surface area contributed by atoms with Gasteiger partial charge in [0, 0.05) is 0 Å². The Morgan fingerprint density at radius 1 is 1.20 bits per heavy atom. The highest BCUT2D eigenvalue weighted by atomic mass is 16.8. The van der Waals surface area contributed by atoms with E-state index in [0.717, 1.165) is 5.57 Å². The predicted molar refractivity (Wildman–Crippen MR) is 74.1 cm³/mol. The van der Waals surface area contributed by atoms with Gasteiger partial charge in [0.05, 0.1) is 6.61 Å². The average Bonchev–Trinajstić information content (AvgIpc) is 2.67. The SMILES string of the molecule is C=CC(O)[C@@H]1OC(C)(C)O[C@H]1[C@@H]1OC(C)(C)OCC1=C. The minimum atomic E-state index is -0.830. The Hall–Kier alpha value is -0.720. The molecule has 0 aliphatic carbocycles. The van der Waals surface area contributed by atoms with Crippen LogP contribution in [0.2, 0.25) is 0 Å². The van der Waals surface area contributed by atoms with Crippen molar-refractivity contribution in [3.05, 3.63) is 24.8 Å². The fraction of sp³-hybridized carbons (Fsp3) is 0.733. The van der Waals surface area contributed by atoms with E-state index in [-0.39, 0.29) is 6.10 Å². The molecule has 2 fully saturated rings. The molecule has 0 radical (unpaired) electrons. The molecule has 0 amide bonds. The fourth-order valence-electron chi connectivity index (χ4n) is 2.52. The molecule has 0 bridgehead atoms.